The molecular formula is C36H42F3N7O4. The number of anilines is 2. The van der Waals surface area contributed by atoms with Crippen molar-refractivity contribution in [2.24, 2.45) is 5.41 Å². The summed E-state index contributed by atoms with van der Waals surface area (Å²) in [5, 5.41) is 11.0. The lowest BCUT2D eigenvalue weighted by molar-refractivity contribution is -0.141. The number of pyridine rings is 1. The molecule has 7 rings (SSSR count). The Morgan fingerprint density at radius 1 is 1.00 bits per heavy atom. The highest BCUT2D eigenvalue weighted by Gasteiger charge is 2.67. The van der Waals surface area contributed by atoms with E-state index in [0.29, 0.717) is 30.2 Å². The molecule has 2 bridgehead atoms. The molecule has 2 saturated heterocycles. The molecule has 3 amide bonds. The lowest BCUT2D eigenvalue weighted by Crippen LogP contribution is -2.47. The van der Waals surface area contributed by atoms with E-state index in [1.54, 1.807) is 11.6 Å². The zero-order chi connectivity index (χ0) is 35.4. The standard InChI is InChI=1S/C36H42F3N7O4/c1-21-11-12-27(36(37,38)39)41-33(21)42-34(50)26-17-35-18-28(35)46(26)30(49)19-45-32-23(9-5-3-4-6-10-29(48)40-20-35)15-24(44-13-7-8-14-44)16-25(32)31(43-45)22(2)47/h11-12,15-16,26,28H,3-10,13-14,17-20H2,1-2H3,(H,40,48)(H,41,42,50)/t26-,28+,35-/m0/s1. The van der Waals surface area contributed by atoms with E-state index in [9.17, 15) is 32.3 Å². The van der Waals surface area contributed by atoms with Gasteiger partial charge in [0.15, 0.2) is 5.78 Å². The Hall–Kier alpha value is -4.49. The molecule has 0 unspecified atom stereocenters. The Morgan fingerprint density at radius 3 is 2.46 bits per heavy atom. The van der Waals surface area contributed by atoms with Crippen LogP contribution in [0.3, 0.4) is 0 Å². The fourth-order valence-corrected chi connectivity index (χ4v) is 8.12. The number of amides is 3. The van der Waals surface area contributed by atoms with E-state index >= 15 is 0 Å². The number of piperidine rings is 1. The summed E-state index contributed by atoms with van der Waals surface area (Å²) < 4.78 is 42.0. The molecule has 3 fully saturated rings. The van der Waals surface area contributed by atoms with Gasteiger partial charge in [0, 0.05) is 55.5 Å². The monoisotopic (exact) mass is 693 g/mol. The minimum atomic E-state index is -4.70. The van der Waals surface area contributed by atoms with E-state index < -0.39 is 35.1 Å². The number of nitrogens with zero attached hydrogens (tertiary/aromatic N) is 5. The van der Waals surface area contributed by atoms with Crippen LogP contribution in [-0.2, 0) is 33.5 Å². The Balaban J connectivity index is 1.26. The average molecular weight is 694 g/mol. The van der Waals surface area contributed by atoms with Gasteiger partial charge < -0.3 is 20.4 Å². The number of aryl methyl sites for hydroxylation is 2. The Bertz CT molecular complexity index is 1870. The van der Waals surface area contributed by atoms with Crippen LogP contribution in [0.15, 0.2) is 24.3 Å². The fraction of sp³-hybridized carbons (Fsp3) is 0.556. The lowest BCUT2D eigenvalue weighted by Gasteiger charge is -2.27. The maximum Gasteiger partial charge on any atom is 0.433 e. The van der Waals surface area contributed by atoms with Crippen LogP contribution in [0, 0.1) is 12.3 Å². The molecule has 3 aromatic rings. The lowest BCUT2D eigenvalue weighted by atomic mass is 9.98. The summed E-state index contributed by atoms with van der Waals surface area (Å²) in [7, 11) is 0. The van der Waals surface area contributed by atoms with Gasteiger partial charge in [0.1, 0.15) is 29.8 Å². The number of rotatable bonds is 4. The van der Waals surface area contributed by atoms with Gasteiger partial charge in [-0.3, -0.25) is 23.9 Å². The van der Waals surface area contributed by atoms with E-state index in [1.165, 1.54) is 17.9 Å². The number of hydrogen-bond donors (Lipinski definition) is 2. The van der Waals surface area contributed by atoms with Crippen molar-refractivity contribution in [2.45, 2.75) is 103 Å². The van der Waals surface area contributed by atoms with E-state index in [-0.39, 0.29) is 48.8 Å². The van der Waals surface area contributed by atoms with Gasteiger partial charge >= 0.3 is 6.18 Å². The Kier molecular flexibility index (Phi) is 8.83. The molecule has 1 aromatic carbocycles. The predicted molar refractivity (Wildman–Crippen MR) is 180 cm³/mol. The second kappa shape index (κ2) is 13.0. The number of hydrogen-bond acceptors (Lipinski definition) is 7. The quantitative estimate of drug-likeness (QED) is 0.361. The number of carbonyl (C=O) groups excluding carboxylic acids is 4. The number of benzene rings is 1. The number of nitrogens with one attached hydrogen (secondary N) is 2. The van der Waals surface area contributed by atoms with Gasteiger partial charge in [-0.05, 0) is 81.2 Å². The molecule has 0 radical (unpaired) electrons. The van der Waals surface area contributed by atoms with Crippen molar-refractivity contribution in [2.75, 3.05) is 29.9 Å². The zero-order valence-electron chi connectivity index (χ0n) is 28.4. The molecule has 0 spiro atoms. The van der Waals surface area contributed by atoms with E-state index in [1.807, 2.05) is 6.07 Å². The van der Waals surface area contributed by atoms with Crippen LogP contribution in [0.5, 0.6) is 0 Å². The van der Waals surface area contributed by atoms with Crippen LogP contribution in [-0.4, -0.2) is 74.9 Å². The number of aromatic nitrogens is 3. The van der Waals surface area contributed by atoms with Crippen LogP contribution < -0.4 is 15.5 Å². The van der Waals surface area contributed by atoms with Crippen molar-refractivity contribution in [3.8, 4) is 0 Å². The second-order valence-electron chi connectivity index (χ2n) is 14.4. The molecule has 1 saturated carbocycles. The first kappa shape index (κ1) is 34.0. The van der Waals surface area contributed by atoms with Gasteiger partial charge in [-0.25, -0.2) is 4.98 Å². The summed E-state index contributed by atoms with van der Waals surface area (Å²) in [5.74, 6) is -1.57. The number of halogens is 3. The SMILES string of the molecule is CC(=O)c1nn2c3c(cc(N4CCCC4)cc13)CCCCCCC(=O)NC[C@@]13C[C@@H](C(=O)Nc4nc(C(F)(F)F)ccc4C)N(C(=O)C2)[C@@H]1C3. The zero-order valence-corrected chi connectivity index (χ0v) is 28.4. The van der Waals surface area contributed by atoms with Crippen molar-refractivity contribution in [3.63, 3.8) is 0 Å². The first-order valence-electron chi connectivity index (χ1n) is 17.6. The third kappa shape index (κ3) is 6.44. The van der Waals surface area contributed by atoms with Crippen molar-refractivity contribution in [1.82, 2.24) is 25.0 Å². The molecule has 3 atom stereocenters. The second-order valence-corrected chi connectivity index (χ2v) is 14.4. The van der Waals surface area contributed by atoms with Crippen LogP contribution in [0.4, 0.5) is 24.7 Å². The van der Waals surface area contributed by atoms with Crippen molar-refractivity contribution in [3.05, 3.63) is 46.8 Å². The molecule has 4 aliphatic rings. The van der Waals surface area contributed by atoms with Crippen molar-refractivity contribution < 1.29 is 32.3 Å². The van der Waals surface area contributed by atoms with Gasteiger partial charge in [-0.1, -0.05) is 18.9 Å². The van der Waals surface area contributed by atoms with Crippen LogP contribution in [0.2, 0.25) is 0 Å². The van der Waals surface area contributed by atoms with Gasteiger partial charge in [-0.2, -0.15) is 18.3 Å². The van der Waals surface area contributed by atoms with Gasteiger partial charge in [0.2, 0.25) is 17.7 Å². The molecule has 2 aromatic heterocycles. The molecule has 14 heteroatoms. The summed E-state index contributed by atoms with van der Waals surface area (Å²) in [6.07, 6.45) is 2.75. The van der Waals surface area contributed by atoms with E-state index in [0.717, 1.165) is 74.4 Å². The number of ketones is 1. The van der Waals surface area contributed by atoms with Crippen molar-refractivity contribution in [1.29, 1.82) is 0 Å². The third-order valence-corrected chi connectivity index (χ3v) is 10.9. The average Bonchev–Trinajstić information content (AvgIpc) is 3.42. The van der Waals surface area contributed by atoms with Gasteiger partial charge in [0.05, 0.1) is 5.52 Å². The molecule has 266 valence electrons. The van der Waals surface area contributed by atoms with Crippen molar-refractivity contribution >= 4 is 45.9 Å². The third-order valence-electron chi connectivity index (χ3n) is 10.9. The predicted octanol–water partition coefficient (Wildman–Crippen LogP) is 5.18. The summed E-state index contributed by atoms with van der Waals surface area (Å²) in [4.78, 5) is 61.5. The first-order valence-corrected chi connectivity index (χ1v) is 17.6. The maximum absolute atomic E-state index is 14.4. The molecule has 2 N–H and O–H groups in total. The first-order chi connectivity index (χ1) is 23.8. The minimum Gasteiger partial charge on any atom is -0.372 e. The largest absolute Gasteiger partial charge is 0.433 e. The number of Topliss-reactive ketones (excluding diaryl/α,β-unsaturated/α-hetero) is 1. The molecule has 5 heterocycles. The fourth-order valence-electron chi connectivity index (χ4n) is 8.12. The maximum atomic E-state index is 14.4. The van der Waals surface area contributed by atoms with E-state index in [4.69, 9.17) is 5.10 Å². The molecule has 1 aliphatic carbocycles. The molecule has 50 heavy (non-hydrogen) atoms. The number of carbonyl (C=O) groups is 4. The smallest absolute Gasteiger partial charge is 0.372 e. The van der Waals surface area contributed by atoms with E-state index in [2.05, 4.69) is 26.6 Å². The highest BCUT2D eigenvalue weighted by atomic mass is 19.4. The van der Waals surface area contributed by atoms with Crippen LogP contribution >= 0.6 is 0 Å². The van der Waals surface area contributed by atoms with Crippen LogP contribution in [0.1, 0.15) is 92.0 Å². The molecule has 3 aliphatic heterocycles. The van der Waals surface area contributed by atoms with Gasteiger partial charge in [-0.15, -0.1) is 0 Å². The highest BCUT2D eigenvalue weighted by molar-refractivity contribution is 6.07. The molecule has 11 nitrogen and oxygen atoms in total. The van der Waals surface area contributed by atoms with Gasteiger partial charge in [0.25, 0.3) is 0 Å². The number of alkyl halides is 3. The summed E-state index contributed by atoms with van der Waals surface area (Å²) in [5.41, 5.74) is 1.69. The highest BCUT2D eigenvalue weighted by Crippen LogP contribution is 2.59. The molecular weight excluding hydrogens is 651 g/mol. The van der Waals surface area contributed by atoms with Crippen LogP contribution in [0.25, 0.3) is 10.9 Å². The normalized spacial score (nSPS) is 24.6. The minimum absolute atomic E-state index is 0.0826. The summed E-state index contributed by atoms with van der Waals surface area (Å²) in [6, 6.07) is 4.88. The Labute approximate surface area is 287 Å². The Morgan fingerprint density at radius 2 is 1.74 bits per heavy atom. The topological polar surface area (TPSA) is 130 Å². The summed E-state index contributed by atoms with van der Waals surface area (Å²) in [6.45, 7) is 4.91. The summed E-state index contributed by atoms with van der Waals surface area (Å²) >= 11 is 0.